The van der Waals surface area contributed by atoms with Crippen LogP contribution in [-0.2, 0) is 10.7 Å². The lowest BCUT2D eigenvalue weighted by Crippen LogP contribution is -2.32. The molecule has 2 aromatic carbocycles. The molecule has 21 heavy (non-hydrogen) atoms. The summed E-state index contributed by atoms with van der Waals surface area (Å²) in [6.07, 6.45) is 0. The second-order valence-corrected chi connectivity index (χ2v) is 4.46. The van der Waals surface area contributed by atoms with Gasteiger partial charge >= 0.3 is 5.92 Å². The number of rotatable bonds is 3. The van der Waals surface area contributed by atoms with Crippen molar-refractivity contribution in [2.24, 2.45) is 0 Å². The Labute approximate surface area is 119 Å². The second-order valence-electron chi connectivity index (χ2n) is 4.46. The van der Waals surface area contributed by atoms with Crippen molar-refractivity contribution in [2.75, 3.05) is 12.1 Å². The van der Waals surface area contributed by atoms with Crippen molar-refractivity contribution in [3.8, 4) is 11.5 Å². The van der Waals surface area contributed by atoms with E-state index in [-0.39, 0.29) is 12.5 Å². The van der Waals surface area contributed by atoms with E-state index in [4.69, 9.17) is 9.47 Å². The lowest BCUT2D eigenvalue weighted by atomic mass is 10.1. The summed E-state index contributed by atoms with van der Waals surface area (Å²) in [6, 6.07) is 11.7. The molecule has 2 aromatic rings. The van der Waals surface area contributed by atoms with Crippen molar-refractivity contribution in [3.05, 3.63) is 54.1 Å². The molecule has 0 unspecified atom stereocenters. The minimum absolute atomic E-state index is 0.0133. The van der Waals surface area contributed by atoms with Crippen LogP contribution in [0.3, 0.4) is 0 Å². The number of hydrogen-bond donors (Lipinski definition) is 1. The maximum Gasteiger partial charge on any atom is 0.350 e. The van der Waals surface area contributed by atoms with Gasteiger partial charge in [0.05, 0.1) is 0 Å². The quantitative estimate of drug-likeness (QED) is 0.945. The van der Waals surface area contributed by atoms with Crippen molar-refractivity contribution in [3.63, 3.8) is 0 Å². The molecule has 0 fully saturated rings. The molecule has 1 aliphatic rings. The largest absolute Gasteiger partial charge is 0.454 e. The highest BCUT2D eigenvalue weighted by Crippen LogP contribution is 2.38. The monoisotopic (exact) mass is 291 g/mol. The Hall–Kier alpha value is -2.63. The summed E-state index contributed by atoms with van der Waals surface area (Å²) in [4.78, 5) is 11.8. The van der Waals surface area contributed by atoms with E-state index in [1.54, 1.807) is 18.2 Å². The number of alkyl halides is 2. The van der Waals surface area contributed by atoms with Gasteiger partial charge in [0, 0.05) is 11.3 Å². The summed E-state index contributed by atoms with van der Waals surface area (Å²) >= 11 is 0. The van der Waals surface area contributed by atoms with Gasteiger partial charge in [0.2, 0.25) is 6.79 Å². The molecule has 108 valence electrons. The van der Waals surface area contributed by atoms with Crippen LogP contribution in [0.2, 0.25) is 0 Å². The third kappa shape index (κ3) is 2.52. The Morgan fingerprint density at radius 2 is 1.76 bits per heavy atom. The molecule has 0 aliphatic carbocycles. The molecule has 6 heteroatoms. The Balaban J connectivity index is 1.84. The number of carbonyl (C=O) groups excluding carboxylic acids is 1. The highest BCUT2D eigenvalue weighted by Gasteiger charge is 2.41. The summed E-state index contributed by atoms with van der Waals surface area (Å²) in [5.74, 6) is -4.47. The number of nitrogens with one attached hydrogen (secondary N) is 1. The number of benzene rings is 2. The van der Waals surface area contributed by atoms with E-state index in [2.05, 4.69) is 5.32 Å². The van der Waals surface area contributed by atoms with Crippen molar-refractivity contribution in [1.29, 1.82) is 0 Å². The lowest BCUT2D eigenvalue weighted by Gasteiger charge is -2.16. The van der Waals surface area contributed by atoms with E-state index in [0.717, 1.165) is 12.1 Å². The van der Waals surface area contributed by atoms with Crippen LogP contribution in [0.1, 0.15) is 5.56 Å². The van der Waals surface area contributed by atoms with Gasteiger partial charge in [-0.25, -0.2) is 0 Å². The van der Waals surface area contributed by atoms with Gasteiger partial charge < -0.3 is 14.8 Å². The summed E-state index contributed by atoms with van der Waals surface area (Å²) in [7, 11) is 0. The third-order valence-electron chi connectivity index (χ3n) is 3.05. The first kappa shape index (κ1) is 13.4. The van der Waals surface area contributed by atoms with Crippen molar-refractivity contribution < 1.29 is 23.0 Å². The minimum atomic E-state index is -3.67. The van der Waals surface area contributed by atoms with Crippen LogP contribution >= 0.6 is 0 Å². The maximum absolute atomic E-state index is 14.2. The van der Waals surface area contributed by atoms with Crippen LogP contribution in [0, 0.1) is 0 Å². The molecule has 1 N–H and O–H groups in total. The highest BCUT2D eigenvalue weighted by molar-refractivity contribution is 5.96. The predicted octanol–water partition coefficient (Wildman–Crippen LogP) is 3.15. The SMILES string of the molecule is O=C(Nc1ccccc1)C(F)(F)c1ccc2c(c1)OCO2. The zero-order valence-electron chi connectivity index (χ0n) is 10.8. The number of anilines is 1. The van der Waals surface area contributed by atoms with Crippen LogP contribution in [0.4, 0.5) is 14.5 Å². The summed E-state index contributed by atoms with van der Waals surface area (Å²) in [5.41, 5.74) is -0.136. The van der Waals surface area contributed by atoms with Gasteiger partial charge in [-0.05, 0) is 30.3 Å². The Morgan fingerprint density at radius 1 is 1.05 bits per heavy atom. The average molecular weight is 291 g/mol. The van der Waals surface area contributed by atoms with Crippen molar-refractivity contribution >= 4 is 11.6 Å². The summed E-state index contributed by atoms with van der Waals surface area (Å²) in [5, 5.41) is 2.19. The van der Waals surface area contributed by atoms with Gasteiger partial charge in [-0.2, -0.15) is 8.78 Å². The van der Waals surface area contributed by atoms with Gasteiger partial charge in [0.1, 0.15) is 0 Å². The molecule has 0 spiro atoms. The van der Waals surface area contributed by atoms with Crippen LogP contribution in [0.5, 0.6) is 11.5 Å². The first-order valence-corrected chi connectivity index (χ1v) is 6.22. The van der Waals surface area contributed by atoms with E-state index < -0.39 is 17.4 Å². The van der Waals surface area contributed by atoms with Crippen molar-refractivity contribution in [2.45, 2.75) is 5.92 Å². The van der Waals surface area contributed by atoms with Gasteiger partial charge in [0.15, 0.2) is 11.5 Å². The molecule has 0 saturated carbocycles. The maximum atomic E-state index is 14.2. The number of hydrogen-bond acceptors (Lipinski definition) is 3. The van der Waals surface area contributed by atoms with Crippen LogP contribution in [0.25, 0.3) is 0 Å². The molecule has 4 nitrogen and oxygen atoms in total. The number of amides is 1. The fraction of sp³-hybridized carbons (Fsp3) is 0.133. The molecular weight excluding hydrogens is 280 g/mol. The van der Waals surface area contributed by atoms with Crippen LogP contribution < -0.4 is 14.8 Å². The molecule has 3 rings (SSSR count). The molecule has 1 amide bonds. The first-order chi connectivity index (χ1) is 10.1. The van der Waals surface area contributed by atoms with E-state index in [1.165, 1.54) is 18.2 Å². The first-order valence-electron chi connectivity index (χ1n) is 6.22. The van der Waals surface area contributed by atoms with E-state index in [1.807, 2.05) is 0 Å². The van der Waals surface area contributed by atoms with Gasteiger partial charge in [-0.15, -0.1) is 0 Å². The topological polar surface area (TPSA) is 47.6 Å². The highest BCUT2D eigenvalue weighted by atomic mass is 19.3. The smallest absolute Gasteiger partial charge is 0.350 e. The van der Waals surface area contributed by atoms with Gasteiger partial charge in [-0.1, -0.05) is 18.2 Å². The number of para-hydroxylation sites is 1. The molecule has 1 heterocycles. The second kappa shape index (κ2) is 5.05. The zero-order valence-corrected chi connectivity index (χ0v) is 10.8. The molecule has 0 saturated heterocycles. The molecule has 1 aliphatic heterocycles. The van der Waals surface area contributed by atoms with Crippen LogP contribution in [-0.4, -0.2) is 12.7 Å². The Morgan fingerprint density at radius 3 is 2.52 bits per heavy atom. The number of carbonyl (C=O) groups is 1. The molecule has 0 aromatic heterocycles. The molecular formula is C15H11F2NO3. The fourth-order valence-electron chi connectivity index (χ4n) is 1.95. The van der Waals surface area contributed by atoms with Gasteiger partial charge in [-0.3, -0.25) is 4.79 Å². The Kier molecular flexibility index (Phi) is 3.21. The average Bonchev–Trinajstić information content (AvgIpc) is 2.95. The van der Waals surface area contributed by atoms with E-state index in [0.29, 0.717) is 11.4 Å². The summed E-state index contributed by atoms with van der Waals surface area (Å²) in [6.45, 7) is -0.0133. The molecule has 0 bridgehead atoms. The normalized spacial score (nSPS) is 13.0. The minimum Gasteiger partial charge on any atom is -0.454 e. The molecule has 0 atom stereocenters. The standard InChI is InChI=1S/C15H11F2NO3/c16-15(17,14(19)18-11-4-2-1-3-5-11)10-6-7-12-13(8-10)21-9-20-12/h1-8H,9H2,(H,18,19). The number of ether oxygens (including phenoxy) is 2. The van der Waals surface area contributed by atoms with Crippen molar-refractivity contribution in [1.82, 2.24) is 0 Å². The van der Waals surface area contributed by atoms with E-state index in [9.17, 15) is 13.6 Å². The van der Waals surface area contributed by atoms with Gasteiger partial charge in [0.25, 0.3) is 5.91 Å². The third-order valence-corrected chi connectivity index (χ3v) is 3.05. The molecule has 0 radical (unpaired) electrons. The zero-order chi connectivity index (χ0) is 14.9. The lowest BCUT2D eigenvalue weighted by molar-refractivity contribution is -0.140. The predicted molar refractivity (Wildman–Crippen MR) is 71.5 cm³/mol. The number of halogens is 2. The van der Waals surface area contributed by atoms with Crippen LogP contribution in [0.15, 0.2) is 48.5 Å². The number of fused-ring (bicyclic) bond motifs is 1. The Bertz CT molecular complexity index is 674. The van der Waals surface area contributed by atoms with E-state index >= 15 is 0 Å². The summed E-state index contributed by atoms with van der Waals surface area (Å²) < 4.78 is 38.5. The fourth-order valence-corrected chi connectivity index (χ4v) is 1.95.